The number of ketones is 1. The normalized spacial score (nSPS) is 10.3. The molecule has 0 fully saturated rings. The minimum absolute atomic E-state index is 0.0545. The van der Waals surface area contributed by atoms with Crippen molar-refractivity contribution < 1.29 is 19.1 Å². The molecule has 0 saturated carbocycles. The van der Waals surface area contributed by atoms with Crippen molar-refractivity contribution in [2.45, 2.75) is 26.7 Å². The van der Waals surface area contributed by atoms with Crippen molar-refractivity contribution >= 4 is 34.1 Å². The third-order valence-electron chi connectivity index (χ3n) is 3.37. The third kappa shape index (κ3) is 4.48. The number of nitrogens with zero attached hydrogens (tertiary/aromatic N) is 1. The van der Waals surface area contributed by atoms with Crippen LogP contribution in [0.25, 0.3) is 0 Å². The molecule has 1 aromatic carbocycles. The third-order valence-corrected chi connectivity index (χ3v) is 4.42. The van der Waals surface area contributed by atoms with Crippen molar-refractivity contribution in [2.24, 2.45) is 0 Å². The Kier molecular flexibility index (Phi) is 5.81. The van der Waals surface area contributed by atoms with Gasteiger partial charge in [0.05, 0.1) is 12.8 Å². The average molecular weight is 346 g/mol. The summed E-state index contributed by atoms with van der Waals surface area (Å²) in [6, 6.07) is 7.23. The zero-order valence-corrected chi connectivity index (χ0v) is 14.5. The number of thiazole rings is 1. The lowest BCUT2D eigenvalue weighted by molar-refractivity contribution is -0.116. The van der Waals surface area contributed by atoms with Crippen LogP contribution in [0, 0.1) is 13.8 Å². The van der Waals surface area contributed by atoms with E-state index in [1.54, 1.807) is 19.1 Å². The average Bonchev–Trinajstić information content (AvgIpc) is 2.92. The van der Waals surface area contributed by atoms with Gasteiger partial charge in [0, 0.05) is 18.4 Å². The maximum atomic E-state index is 12.0. The maximum Gasteiger partial charge on any atom is 0.350 e. The van der Waals surface area contributed by atoms with E-state index < -0.39 is 5.97 Å². The van der Waals surface area contributed by atoms with Gasteiger partial charge in [-0.2, -0.15) is 0 Å². The molecular formula is C17H18N2O4S. The molecule has 0 bridgehead atoms. The lowest BCUT2D eigenvalue weighted by Gasteiger charge is -2.02. The summed E-state index contributed by atoms with van der Waals surface area (Å²) in [4.78, 5) is 40.0. The molecule has 126 valence electrons. The molecule has 7 heteroatoms. The summed E-state index contributed by atoms with van der Waals surface area (Å²) >= 11 is 1.05. The zero-order valence-electron chi connectivity index (χ0n) is 13.7. The van der Waals surface area contributed by atoms with Crippen LogP contribution in [0.5, 0.6) is 0 Å². The molecule has 0 spiro atoms. The first-order chi connectivity index (χ1) is 11.4. The number of rotatable bonds is 6. The largest absolute Gasteiger partial charge is 0.465 e. The first-order valence-corrected chi connectivity index (χ1v) is 8.18. The number of methoxy groups -OCH3 is 1. The van der Waals surface area contributed by atoms with Crippen LogP contribution in [0.3, 0.4) is 0 Å². The fraction of sp³-hybridized carbons (Fsp3) is 0.294. The Balaban J connectivity index is 1.90. The molecule has 1 amide bonds. The molecule has 0 atom stereocenters. The molecule has 0 aliphatic carbocycles. The Hall–Kier alpha value is -2.54. The van der Waals surface area contributed by atoms with Crippen molar-refractivity contribution in [3.63, 3.8) is 0 Å². The van der Waals surface area contributed by atoms with E-state index in [9.17, 15) is 14.4 Å². The van der Waals surface area contributed by atoms with Gasteiger partial charge < -0.3 is 10.1 Å². The predicted molar refractivity (Wildman–Crippen MR) is 91.6 cm³/mol. The van der Waals surface area contributed by atoms with E-state index in [0.717, 1.165) is 16.9 Å². The molecule has 2 aromatic rings. The van der Waals surface area contributed by atoms with E-state index >= 15 is 0 Å². The van der Waals surface area contributed by atoms with Gasteiger partial charge in [0.1, 0.15) is 4.88 Å². The SMILES string of the molecule is COC(=O)c1sc(NC(=O)CCC(=O)c2ccc(C)cc2)nc1C. The Bertz CT molecular complexity index is 765. The highest BCUT2D eigenvalue weighted by Crippen LogP contribution is 2.23. The van der Waals surface area contributed by atoms with Crippen molar-refractivity contribution in [1.82, 2.24) is 4.98 Å². The summed E-state index contributed by atoms with van der Waals surface area (Å²) in [7, 11) is 1.29. The second-order valence-corrected chi connectivity index (χ2v) is 6.26. The van der Waals surface area contributed by atoms with Gasteiger partial charge in [-0.1, -0.05) is 41.2 Å². The standard InChI is InChI=1S/C17H18N2O4S/c1-10-4-6-12(7-5-10)13(20)8-9-14(21)19-17-18-11(2)15(24-17)16(22)23-3/h4-7H,8-9H2,1-3H3,(H,18,19,21). The van der Waals surface area contributed by atoms with Crippen molar-refractivity contribution in [1.29, 1.82) is 0 Å². The van der Waals surface area contributed by atoms with Crippen LogP contribution in [0.4, 0.5) is 5.13 Å². The topological polar surface area (TPSA) is 85.4 Å². The summed E-state index contributed by atoms with van der Waals surface area (Å²) in [6.45, 7) is 3.61. The molecule has 6 nitrogen and oxygen atoms in total. The fourth-order valence-corrected chi connectivity index (χ4v) is 2.93. The highest BCUT2D eigenvalue weighted by Gasteiger charge is 2.17. The molecule has 0 unspecified atom stereocenters. The molecule has 1 N–H and O–H groups in total. The number of hydrogen-bond donors (Lipinski definition) is 1. The summed E-state index contributed by atoms with van der Waals surface area (Å²) in [5.41, 5.74) is 2.16. The van der Waals surface area contributed by atoms with Gasteiger partial charge in [0.25, 0.3) is 0 Å². The van der Waals surface area contributed by atoms with Crippen LogP contribution in [-0.2, 0) is 9.53 Å². The highest BCUT2D eigenvalue weighted by molar-refractivity contribution is 7.17. The fourth-order valence-electron chi connectivity index (χ4n) is 2.02. The van der Waals surface area contributed by atoms with Crippen molar-refractivity contribution in [3.05, 3.63) is 46.0 Å². The van der Waals surface area contributed by atoms with Gasteiger partial charge in [-0.3, -0.25) is 9.59 Å². The Morgan fingerprint density at radius 1 is 1.12 bits per heavy atom. The van der Waals surface area contributed by atoms with Gasteiger partial charge in [-0.25, -0.2) is 9.78 Å². The molecule has 0 aliphatic rings. The summed E-state index contributed by atoms with van der Waals surface area (Å²) in [5, 5.41) is 2.93. The number of nitrogens with one attached hydrogen (secondary N) is 1. The lowest BCUT2D eigenvalue weighted by Crippen LogP contribution is -2.13. The van der Waals surface area contributed by atoms with E-state index in [1.165, 1.54) is 7.11 Å². The number of amides is 1. The zero-order chi connectivity index (χ0) is 17.7. The maximum absolute atomic E-state index is 12.0. The number of ether oxygens (including phenoxy) is 1. The van der Waals surface area contributed by atoms with Crippen LogP contribution >= 0.6 is 11.3 Å². The van der Waals surface area contributed by atoms with Crippen LogP contribution < -0.4 is 5.32 Å². The Morgan fingerprint density at radius 3 is 2.42 bits per heavy atom. The predicted octanol–water partition coefficient (Wildman–Crippen LogP) is 3.15. The highest BCUT2D eigenvalue weighted by atomic mass is 32.1. The van der Waals surface area contributed by atoms with Crippen molar-refractivity contribution in [3.8, 4) is 0 Å². The number of benzene rings is 1. The van der Waals surface area contributed by atoms with Gasteiger partial charge in [-0.15, -0.1) is 0 Å². The number of aryl methyl sites for hydroxylation is 2. The molecular weight excluding hydrogens is 328 g/mol. The van der Waals surface area contributed by atoms with Gasteiger partial charge >= 0.3 is 5.97 Å². The summed E-state index contributed by atoms with van der Waals surface area (Å²) in [6.07, 6.45) is 0.169. The van der Waals surface area contributed by atoms with Gasteiger partial charge in [-0.05, 0) is 13.8 Å². The summed E-state index contributed by atoms with van der Waals surface area (Å²) < 4.78 is 4.65. The van der Waals surface area contributed by atoms with Crippen LogP contribution in [-0.4, -0.2) is 29.8 Å². The number of carbonyl (C=O) groups excluding carboxylic acids is 3. The van der Waals surface area contributed by atoms with Crippen molar-refractivity contribution in [2.75, 3.05) is 12.4 Å². The molecule has 24 heavy (non-hydrogen) atoms. The number of Topliss-reactive ketones (excluding diaryl/α,β-unsaturated/α-hetero) is 1. The van der Waals surface area contributed by atoms with Crippen LogP contribution in [0.2, 0.25) is 0 Å². The van der Waals surface area contributed by atoms with E-state index in [2.05, 4.69) is 15.0 Å². The number of esters is 1. The number of hydrogen-bond acceptors (Lipinski definition) is 6. The molecule has 0 saturated heterocycles. The lowest BCUT2D eigenvalue weighted by atomic mass is 10.1. The second kappa shape index (κ2) is 7.83. The van der Waals surface area contributed by atoms with E-state index in [1.807, 2.05) is 19.1 Å². The van der Waals surface area contributed by atoms with Gasteiger partial charge in [0.15, 0.2) is 10.9 Å². The molecule has 0 radical (unpaired) electrons. The van der Waals surface area contributed by atoms with E-state index in [0.29, 0.717) is 21.3 Å². The second-order valence-electron chi connectivity index (χ2n) is 5.26. The number of carbonyl (C=O) groups is 3. The molecule has 1 heterocycles. The van der Waals surface area contributed by atoms with Crippen LogP contribution in [0.1, 0.15) is 44.1 Å². The van der Waals surface area contributed by atoms with E-state index in [4.69, 9.17) is 0 Å². The Labute approximate surface area is 143 Å². The first-order valence-electron chi connectivity index (χ1n) is 7.36. The summed E-state index contributed by atoms with van der Waals surface area (Å²) in [5.74, 6) is -0.892. The molecule has 0 aliphatic heterocycles. The quantitative estimate of drug-likeness (QED) is 0.641. The smallest absolute Gasteiger partial charge is 0.350 e. The van der Waals surface area contributed by atoms with Gasteiger partial charge in [0.2, 0.25) is 5.91 Å². The van der Waals surface area contributed by atoms with E-state index in [-0.39, 0.29) is 24.5 Å². The minimum atomic E-state index is -0.486. The Morgan fingerprint density at radius 2 is 1.79 bits per heavy atom. The molecule has 1 aromatic heterocycles. The first kappa shape index (κ1) is 17.8. The van der Waals surface area contributed by atoms with Crippen LogP contribution in [0.15, 0.2) is 24.3 Å². The number of aromatic nitrogens is 1. The number of anilines is 1. The molecule has 2 rings (SSSR count). The monoisotopic (exact) mass is 346 g/mol. The minimum Gasteiger partial charge on any atom is -0.465 e.